The Kier molecular flexibility index (Phi) is 16.1. The molecular formula is C43H62S4. The van der Waals surface area contributed by atoms with E-state index in [9.17, 15) is 0 Å². The summed E-state index contributed by atoms with van der Waals surface area (Å²) < 4.78 is 9.55. The normalized spacial score (nSPS) is 12.1. The van der Waals surface area contributed by atoms with Crippen molar-refractivity contribution < 1.29 is 0 Å². The monoisotopic (exact) mass is 706 g/mol. The third kappa shape index (κ3) is 10.4. The molecule has 0 aliphatic rings. The van der Waals surface area contributed by atoms with Crippen molar-refractivity contribution in [3.8, 4) is 10.4 Å². The van der Waals surface area contributed by atoms with Gasteiger partial charge in [0.15, 0.2) is 0 Å². The van der Waals surface area contributed by atoms with Crippen molar-refractivity contribution in [3.63, 3.8) is 0 Å². The SMILES string of the molecule is CCCCCCCCCCCCCc1c(C)sc2c1sc1c3sc(-c4ccccc4)c(CCCCCCCCCCCCC)c3sc21. The lowest BCUT2D eigenvalue weighted by Crippen LogP contribution is -1.88. The van der Waals surface area contributed by atoms with E-state index in [1.54, 1.807) is 44.2 Å². The number of fused-ring (bicyclic) bond motifs is 5. The van der Waals surface area contributed by atoms with Crippen molar-refractivity contribution in [1.82, 2.24) is 0 Å². The molecule has 5 aromatic rings. The van der Waals surface area contributed by atoms with Gasteiger partial charge in [0.1, 0.15) is 0 Å². The van der Waals surface area contributed by atoms with E-state index in [1.807, 2.05) is 0 Å². The van der Waals surface area contributed by atoms with Crippen LogP contribution in [0.25, 0.3) is 38.6 Å². The Morgan fingerprint density at radius 3 is 1.26 bits per heavy atom. The van der Waals surface area contributed by atoms with E-state index < -0.39 is 0 Å². The highest BCUT2D eigenvalue weighted by molar-refractivity contribution is 7.45. The number of rotatable bonds is 25. The zero-order valence-electron chi connectivity index (χ0n) is 30.0. The van der Waals surface area contributed by atoms with E-state index in [-0.39, 0.29) is 0 Å². The molecule has 0 fully saturated rings. The van der Waals surface area contributed by atoms with Gasteiger partial charge in [-0.3, -0.25) is 0 Å². The molecular weight excluding hydrogens is 645 g/mol. The fraction of sp³-hybridized carbons (Fsp3) is 0.628. The van der Waals surface area contributed by atoms with Crippen molar-refractivity contribution in [2.24, 2.45) is 0 Å². The quantitative estimate of drug-likeness (QED) is 0.0530. The van der Waals surface area contributed by atoms with E-state index in [2.05, 4.69) is 96.5 Å². The minimum Gasteiger partial charge on any atom is -0.138 e. The van der Waals surface area contributed by atoms with Gasteiger partial charge in [-0.05, 0) is 49.3 Å². The molecule has 0 bridgehead atoms. The van der Waals surface area contributed by atoms with Crippen LogP contribution in [0.5, 0.6) is 0 Å². The Balaban J connectivity index is 1.18. The highest BCUT2D eigenvalue weighted by atomic mass is 32.1. The van der Waals surface area contributed by atoms with Gasteiger partial charge in [0, 0.05) is 9.75 Å². The minimum absolute atomic E-state index is 1.23. The average Bonchev–Trinajstić information content (AvgIpc) is 3.80. The summed E-state index contributed by atoms with van der Waals surface area (Å²) in [5.41, 5.74) is 4.73. The maximum absolute atomic E-state index is 2.39. The second kappa shape index (κ2) is 20.5. The topological polar surface area (TPSA) is 0 Å². The van der Waals surface area contributed by atoms with Gasteiger partial charge < -0.3 is 0 Å². The molecule has 4 heteroatoms. The third-order valence-electron chi connectivity index (χ3n) is 10.2. The summed E-state index contributed by atoms with van der Waals surface area (Å²) in [4.78, 5) is 3.11. The van der Waals surface area contributed by atoms with Crippen molar-refractivity contribution in [1.29, 1.82) is 0 Å². The standard InChI is InChI=1S/C43H62S4/c1-4-6-8-10-12-14-16-18-20-22-27-31-35-33(3)44-40-38(35)46-43-41-39(47-42(40)43)36(37(45-41)34-29-25-24-26-30-34)32-28-23-21-19-17-15-13-11-9-7-5-2/h24-26,29-30H,4-23,27-28,31-32H2,1-3H3. The van der Waals surface area contributed by atoms with E-state index in [0.29, 0.717) is 0 Å². The molecule has 0 nitrogen and oxygen atoms in total. The number of hydrogen-bond acceptors (Lipinski definition) is 4. The summed E-state index contributed by atoms with van der Waals surface area (Å²) >= 11 is 8.41. The summed E-state index contributed by atoms with van der Waals surface area (Å²) in [5.74, 6) is 0. The molecule has 5 rings (SSSR count). The first-order valence-electron chi connectivity index (χ1n) is 19.7. The first kappa shape index (κ1) is 37.1. The lowest BCUT2D eigenvalue weighted by molar-refractivity contribution is 0.549. The van der Waals surface area contributed by atoms with E-state index in [0.717, 1.165) is 0 Å². The number of aryl methyl sites for hydroxylation is 3. The molecule has 1 aromatic carbocycles. The highest BCUT2D eigenvalue weighted by Gasteiger charge is 2.23. The van der Waals surface area contributed by atoms with Crippen LogP contribution in [0.3, 0.4) is 0 Å². The van der Waals surface area contributed by atoms with Crippen LogP contribution >= 0.6 is 45.3 Å². The first-order chi connectivity index (χ1) is 23.2. The van der Waals surface area contributed by atoms with Crippen LogP contribution in [-0.4, -0.2) is 0 Å². The van der Waals surface area contributed by atoms with E-state index in [1.165, 1.54) is 165 Å². The highest BCUT2D eigenvalue weighted by Crippen LogP contribution is 2.54. The fourth-order valence-corrected chi connectivity index (χ4v) is 13.6. The molecule has 4 aromatic heterocycles. The van der Waals surface area contributed by atoms with Gasteiger partial charge in [-0.15, -0.1) is 45.3 Å². The fourth-order valence-electron chi connectivity index (χ4n) is 7.39. The molecule has 0 radical (unpaired) electrons. The molecule has 0 aliphatic carbocycles. The molecule has 258 valence electrons. The molecule has 0 atom stereocenters. The van der Waals surface area contributed by atoms with Gasteiger partial charge in [0.2, 0.25) is 0 Å². The third-order valence-corrected chi connectivity index (χ3v) is 15.9. The average molecular weight is 707 g/mol. The Morgan fingerprint density at radius 2 is 0.766 bits per heavy atom. The van der Waals surface area contributed by atoms with E-state index >= 15 is 0 Å². The molecule has 0 spiro atoms. The van der Waals surface area contributed by atoms with Crippen LogP contribution in [0.2, 0.25) is 0 Å². The molecule has 0 saturated heterocycles. The second-order valence-corrected chi connectivity index (χ2v) is 18.4. The summed E-state index contributed by atoms with van der Waals surface area (Å²) in [5, 5.41) is 0. The van der Waals surface area contributed by atoms with Crippen molar-refractivity contribution in [2.75, 3.05) is 0 Å². The van der Waals surface area contributed by atoms with Gasteiger partial charge in [-0.25, -0.2) is 0 Å². The zero-order chi connectivity index (χ0) is 32.7. The lowest BCUT2D eigenvalue weighted by Gasteiger charge is -2.06. The van der Waals surface area contributed by atoms with Crippen LogP contribution in [-0.2, 0) is 12.8 Å². The van der Waals surface area contributed by atoms with Crippen molar-refractivity contribution >= 4 is 73.5 Å². The van der Waals surface area contributed by atoms with Gasteiger partial charge >= 0.3 is 0 Å². The molecule has 0 aliphatic heterocycles. The minimum atomic E-state index is 1.23. The summed E-state index contributed by atoms with van der Waals surface area (Å²) in [6, 6.07) is 11.3. The van der Waals surface area contributed by atoms with Crippen molar-refractivity contribution in [2.45, 2.75) is 175 Å². The number of unbranched alkanes of at least 4 members (excludes halogenated alkanes) is 20. The van der Waals surface area contributed by atoms with Crippen LogP contribution in [0.15, 0.2) is 30.3 Å². The maximum atomic E-state index is 2.39. The van der Waals surface area contributed by atoms with Crippen LogP contribution < -0.4 is 0 Å². The predicted molar refractivity (Wildman–Crippen MR) is 221 cm³/mol. The smallest absolute Gasteiger partial charge is 0.0651 e. The molecule has 0 N–H and O–H groups in total. The number of benzene rings is 1. The van der Waals surface area contributed by atoms with Gasteiger partial charge in [0.25, 0.3) is 0 Å². The number of hydrogen-bond donors (Lipinski definition) is 0. The lowest BCUT2D eigenvalue weighted by atomic mass is 10.0. The van der Waals surface area contributed by atoms with Crippen LogP contribution in [0, 0.1) is 6.92 Å². The molecule has 4 heterocycles. The van der Waals surface area contributed by atoms with Crippen molar-refractivity contribution in [3.05, 3.63) is 46.3 Å². The van der Waals surface area contributed by atoms with E-state index in [4.69, 9.17) is 0 Å². The van der Waals surface area contributed by atoms with Gasteiger partial charge in [-0.2, -0.15) is 0 Å². The summed E-state index contributed by atoms with van der Waals surface area (Å²) in [7, 11) is 0. The Labute approximate surface area is 303 Å². The Bertz CT molecular complexity index is 1580. The van der Waals surface area contributed by atoms with Gasteiger partial charge in [0.05, 0.1) is 28.2 Å². The van der Waals surface area contributed by atoms with Gasteiger partial charge in [-0.1, -0.05) is 173 Å². The van der Waals surface area contributed by atoms with Crippen LogP contribution in [0.4, 0.5) is 0 Å². The molecule has 0 unspecified atom stereocenters. The zero-order valence-corrected chi connectivity index (χ0v) is 33.3. The first-order valence-corrected chi connectivity index (χ1v) is 22.9. The second-order valence-electron chi connectivity index (χ2n) is 14.2. The molecule has 0 saturated carbocycles. The maximum Gasteiger partial charge on any atom is 0.0651 e. The largest absolute Gasteiger partial charge is 0.138 e. The number of thiophene rings is 4. The van der Waals surface area contributed by atoms with Crippen LogP contribution in [0.1, 0.15) is 171 Å². The summed E-state index contributed by atoms with van der Waals surface area (Å²) in [6.45, 7) is 7.01. The molecule has 0 amide bonds. The summed E-state index contributed by atoms with van der Waals surface area (Å²) in [6.07, 6.45) is 33.6. The predicted octanol–water partition coefficient (Wildman–Crippen LogP) is 17.1. The Hall–Kier alpha value is -1.20. The molecule has 47 heavy (non-hydrogen) atoms. The Morgan fingerprint density at radius 1 is 0.383 bits per heavy atom.